The third-order valence-electron chi connectivity index (χ3n) is 4.94. The molecule has 1 amide bonds. The monoisotopic (exact) mass is 366 g/mol. The number of amides is 1. The molecule has 136 valence electrons. The van der Waals surface area contributed by atoms with Crippen LogP contribution in [0.3, 0.4) is 0 Å². The van der Waals surface area contributed by atoms with Gasteiger partial charge in [0, 0.05) is 31.7 Å². The Hall–Kier alpha value is -1.93. The number of benzene rings is 1. The lowest BCUT2D eigenvalue weighted by atomic mass is 9.96. The summed E-state index contributed by atoms with van der Waals surface area (Å²) >= 11 is 0. The van der Waals surface area contributed by atoms with Crippen LogP contribution in [0.1, 0.15) is 36.0 Å². The Morgan fingerprint density at radius 3 is 2.04 bits per heavy atom. The Morgan fingerprint density at radius 1 is 0.960 bits per heavy atom. The first kappa shape index (κ1) is 17.9. The number of carbonyl (C=O) groups is 2. The van der Waals surface area contributed by atoms with Gasteiger partial charge in [0.15, 0.2) is 0 Å². The summed E-state index contributed by atoms with van der Waals surface area (Å²) < 4.78 is 26.5. The molecular weight excluding hydrogens is 344 g/mol. The van der Waals surface area contributed by atoms with Gasteiger partial charge in [-0.25, -0.2) is 8.42 Å². The van der Waals surface area contributed by atoms with Crippen molar-refractivity contribution in [2.45, 2.75) is 30.6 Å². The molecule has 0 unspecified atom stereocenters. The number of nitrogens with zero attached hydrogens (tertiary/aromatic N) is 2. The smallest absolute Gasteiger partial charge is 0.306 e. The molecule has 0 bridgehead atoms. The summed E-state index contributed by atoms with van der Waals surface area (Å²) in [5.74, 6) is -1.39. The predicted octanol–water partition coefficient (Wildman–Crippen LogP) is 1.41. The van der Waals surface area contributed by atoms with Crippen LogP contribution in [0.15, 0.2) is 29.2 Å². The van der Waals surface area contributed by atoms with Crippen LogP contribution in [0.25, 0.3) is 0 Å². The number of carboxylic acids is 1. The number of likely N-dealkylation sites (tertiary alicyclic amines) is 1. The number of hydrogen-bond acceptors (Lipinski definition) is 4. The number of carboxylic acid groups (broad SMARTS) is 1. The average molecular weight is 366 g/mol. The minimum Gasteiger partial charge on any atom is -0.481 e. The van der Waals surface area contributed by atoms with Crippen LogP contribution in [-0.4, -0.2) is 60.8 Å². The van der Waals surface area contributed by atoms with Gasteiger partial charge in [0.05, 0.1) is 10.8 Å². The largest absolute Gasteiger partial charge is 0.481 e. The zero-order valence-electron chi connectivity index (χ0n) is 13.9. The Balaban J connectivity index is 1.68. The van der Waals surface area contributed by atoms with Crippen molar-refractivity contribution in [1.82, 2.24) is 9.21 Å². The van der Waals surface area contributed by atoms with E-state index >= 15 is 0 Å². The van der Waals surface area contributed by atoms with Gasteiger partial charge in [-0.15, -0.1) is 0 Å². The first-order valence-electron chi connectivity index (χ1n) is 8.52. The summed E-state index contributed by atoms with van der Waals surface area (Å²) in [5.41, 5.74) is 0.425. The molecule has 2 saturated heterocycles. The molecule has 1 N–H and O–H groups in total. The molecule has 3 rings (SSSR count). The quantitative estimate of drug-likeness (QED) is 0.869. The van der Waals surface area contributed by atoms with Crippen LogP contribution in [0.5, 0.6) is 0 Å². The maximum Gasteiger partial charge on any atom is 0.306 e. The van der Waals surface area contributed by atoms with E-state index in [0.717, 1.165) is 12.8 Å². The second kappa shape index (κ2) is 7.13. The molecule has 0 spiro atoms. The summed E-state index contributed by atoms with van der Waals surface area (Å²) in [6.07, 6.45) is 2.65. The lowest BCUT2D eigenvalue weighted by molar-refractivity contribution is -0.143. The third-order valence-corrected chi connectivity index (χ3v) is 6.85. The molecule has 25 heavy (non-hydrogen) atoms. The lowest BCUT2D eigenvalue weighted by Crippen LogP contribution is -2.40. The molecule has 1 aromatic carbocycles. The molecule has 0 aliphatic carbocycles. The van der Waals surface area contributed by atoms with Gasteiger partial charge in [-0.2, -0.15) is 4.31 Å². The number of piperidine rings is 1. The second-order valence-electron chi connectivity index (χ2n) is 6.54. The maximum atomic E-state index is 12.5. The normalized spacial score (nSPS) is 19.9. The van der Waals surface area contributed by atoms with Crippen molar-refractivity contribution >= 4 is 21.9 Å². The van der Waals surface area contributed by atoms with E-state index in [9.17, 15) is 18.0 Å². The van der Waals surface area contributed by atoms with Crippen molar-refractivity contribution in [2.75, 3.05) is 26.2 Å². The van der Waals surface area contributed by atoms with Crippen molar-refractivity contribution < 1.29 is 23.1 Å². The molecule has 0 radical (unpaired) electrons. The molecule has 0 aromatic heterocycles. The molecule has 7 nitrogen and oxygen atoms in total. The summed E-state index contributed by atoms with van der Waals surface area (Å²) in [5, 5.41) is 9.01. The van der Waals surface area contributed by atoms with Crippen LogP contribution in [0, 0.1) is 5.92 Å². The highest BCUT2D eigenvalue weighted by molar-refractivity contribution is 7.89. The lowest BCUT2D eigenvalue weighted by Gasteiger charge is -2.30. The zero-order chi connectivity index (χ0) is 18.0. The zero-order valence-corrected chi connectivity index (χ0v) is 14.7. The molecule has 2 aliphatic heterocycles. The van der Waals surface area contributed by atoms with Crippen molar-refractivity contribution in [3.8, 4) is 0 Å². The van der Waals surface area contributed by atoms with Gasteiger partial charge >= 0.3 is 5.97 Å². The molecule has 0 saturated carbocycles. The van der Waals surface area contributed by atoms with E-state index in [1.54, 1.807) is 4.90 Å². The summed E-state index contributed by atoms with van der Waals surface area (Å²) in [7, 11) is -3.48. The van der Waals surface area contributed by atoms with Crippen molar-refractivity contribution in [3.63, 3.8) is 0 Å². The van der Waals surface area contributed by atoms with Crippen LogP contribution >= 0.6 is 0 Å². The van der Waals surface area contributed by atoms with E-state index in [1.165, 1.54) is 28.6 Å². The Labute approximate surface area is 147 Å². The van der Waals surface area contributed by atoms with Gasteiger partial charge in [-0.3, -0.25) is 9.59 Å². The van der Waals surface area contributed by atoms with Crippen LogP contribution in [0.4, 0.5) is 0 Å². The molecule has 2 fully saturated rings. The minimum absolute atomic E-state index is 0.186. The first-order chi connectivity index (χ1) is 11.9. The SMILES string of the molecule is O=C(O)C1CCN(C(=O)c2ccc(S(=O)(=O)N3CCCC3)cc2)CC1. The highest BCUT2D eigenvalue weighted by atomic mass is 32.2. The molecule has 2 aliphatic rings. The van der Waals surface area contributed by atoms with E-state index in [4.69, 9.17) is 5.11 Å². The highest BCUT2D eigenvalue weighted by Gasteiger charge is 2.29. The molecule has 8 heteroatoms. The van der Waals surface area contributed by atoms with Crippen molar-refractivity contribution in [2.24, 2.45) is 5.92 Å². The number of sulfonamides is 1. The number of aliphatic carboxylic acids is 1. The van der Waals surface area contributed by atoms with Gasteiger partial charge in [0.1, 0.15) is 0 Å². The van der Waals surface area contributed by atoms with E-state index < -0.39 is 21.9 Å². The highest BCUT2D eigenvalue weighted by Crippen LogP contribution is 2.23. The van der Waals surface area contributed by atoms with Crippen molar-refractivity contribution in [3.05, 3.63) is 29.8 Å². The minimum atomic E-state index is -3.48. The third kappa shape index (κ3) is 3.69. The van der Waals surface area contributed by atoms with E-state index in [-0.39, 0.29) is 10.8 Å². The van der Waals surface area contributed by atoms with Gasteiger partial charge in [-0.05, 0) is 49.9 Å². The van der Waals surface area contributed by atoms with Gasteiger partial charge in [-0.1, -0.05) is 0 Å². The molecular formula is C17H22N2O5S. The molecule has 1 aromatic rings. The fourth-order valence-electron chi connectivity index (χ4n) is 3.36. The van der Waals surface area contributed by atoms with Crippen molar-refractivity contribution in [1.29, 1.82) is 0 Å². The summed E-state index contributed by atoms with van der Waals surface area (Å²) in [6, 6.07) is 6.03. The van der Waals surface area contributed by atoms with Gasteiger partial charge in [0.2, 0.25) is 10.0 Å². The van der Waals surface area contributed by atoms with Crippen LogP contribution in [-0.2, 0) is 14.8 Å². The van der Waals surface area contributed by atoms with E-state index in [0.29, 0.717) is 44.6 Å². The molecule has 2 heterocycles. The predicted molar refractivity (Wildman–Crippen MR) is 90.7 cm³/mol. The van der Waals surface area contributed by atoms with E-state index in [2.05, 4.69) is 0 Å². The standard InChI is InChI=1S/C17H22N2O5S/c20-16(18-11-7-14(8-12-18)17(21)22)13-3-5-15(6-4-13)25(23,24)19-9-1-2-10-19/h3-6,14H,1-2,7-12H2,(H,21,22). The Kier molecular flexibility index (Phi) is 5.10. The first-order valence-corrected chi connectivity index (χ1v) is 9.96. The topological polar surface area (TPSA) is 95.0 Å². The summed E-state index contributed by atoms with van der Waals surface area (Å²) in [6.45, 7) is 1.90. The number of carbonyl (C=O) groups excluding carboxylic acids is 1. The summed E-state index contributed by atoms with van der Waals surface area (Å²) in [4.78, 5) is 25.3. The fraction of sp³-hybridized carbons (Fsp3) is 0.529. The molecule has 0 atom stereocenters. The van der Waals surface area contributed by atoms with Gasteiger partial charge < -0.3 is 10.0 Å². The Morgan fingerprint density at radius 2 is 1.52 bits per heavy atom. The average Bonchev–Trinajstić information content (AvgIpc) is 3.17. The number of hydrogen-bond donors (Lipinski definition) is 1. The van der Waals surface area contributed by atoms with Crippen LogP contribution < -0.4 is 0 Å². The maximum absolute atomic E-state index is 12.5. The fourth-order valence-corrected chi connectivity index (χ4v) is 4.88. The Bertz CT molecular complexity index is 746. The van der Waals surface area contributed by atoms with Crippen LogP contribution in [0.2, 0.25) is 0 Å². The van der Waals surface area contributed by atoms with Gasteiger partial charge in [0.25, 0.3) is 5.91 Å². The van der Waals surface area contributed by atoms with E-state index in [1.807, 2.05) is 0 Å². The number of rotatable bonds is 4. The second-order valence-corrected chi connectivity index (χ2v) is 8.48.